The Kier molecular flexibility index (Phi) is 4.67. The van der Waals surface area contributed by atoms with Gasteiger partial charge in [-0.1, -0.05) is 0 Å². The molecule has 1 amide bonds. The van der Waals surface area contributed by atoms with Crippen LogP contribution in [0.25, 0.3) is 5.65 Å². The van der Waals surface area contributed by atoms with Crippen molar-refractivity contribution in [1.82, 2.24) is 29.9 Å². The minimum atomic E-state index is -4.42. The molecule has 0 saturated carbocycles. The molecule has 1 aliphatic rings. The molecule has 130 valence electrons. The summed E-state index contributed by atoms with van der Waals surface area (Å²) in [6.07, 6.45) is 1.72. The van der Waals surface area contributed by atoms with E-state index in [1.807, 2.05) is 0 Å². The summed E-state index contributed by atoms with van der Waals surface area (Å²) in [5.41, 5.74) is 0.310. The highest BCUT2D eigenvalue weighted by Crippen LogP contribution is 2.24. The fraction of sp³-hybridized carbons (Fsp3) is 0.500. The molecule has 1 fully saturated rings. The second-order valence-corrected chi connectivity index (χ2v) is 5.49. The van der Waals surface area contributed by atoms with Crippen molar-refractivity contribution in [3.8, 4) is 0 Å². The Balaban J connectivity index is 1.72. The zero-order valence-electron chi connectivity index (χ0n) is 12.8. The Morgan fingerprint density at radius 3 is 2.58 bits per heavy atom. The lowest BCUT2D eigenvalue weighted by Gasteiger charge is -2.35. The van der Waals surface area contributed by atoms with Gasteiger partial charge in [0, 0.05) is 57.5 Å². The summed E-state index contributed by atoms with van der Waals surface area (Å²) in [5, 5.41) is 5.36. The number of piperazine rings is 1. The van der Waals surface area contributed by atoms with Gasteiger partial charge in [-0.05, 0) is 0 Å². The fourth-order valence-corrected chi connectivity index (χ4v) is 2.73. The molecule has 0 radical (unpaired) electrons. The molecule has 1 atom stereocenters. The van der Waals surface area contributed by atoms with Gasteiger partial charge in [-0.3, -0.25) is 9.69 Å². The van der Waals surface area contributed by atoms with Gasteiger partial charge in [0.15, 0.2) is 11.3 Å². The van der Waals surface area contributed by atoms with Crippen LogP contribution in [-0.4, -0.2) is 70.1 Å². The molecular formula is C14H17F3N6O. The first-order valence-electron chi connectivity index (χ1n) is 7.54. The lowest BCUT2D eigenvalue weighted by molar-refractivity contribution is -0.183. The summed E-state index contributed by atoms with van der Waals surface area (Å²) >= 11 is 0. The van der Waals surface area contributed by atoms with Crippen molar-refractivity contribution in [2.24, 2.45) is 0 Å². The van der Waals surface area contributed by atoms with E-state index in [4.69, 9.17) is 0 Å². The average Bonchev–Trinajstić information content (AvgIpc) is 3.03. The monoisotopic (exact) mass is 342 g/mol. The maximum Gasteiger partial charge on any atom is 0.405 e. The molecule has 0 aliphatic carbocycles. The number of imidazole rings is 1. The van der Waals surface area contributed by atoms with Crippen LogP contribution in [-0.2, 0) is 0 Å². The van der Waals surface area contributed by atoms with E-state index >= 15 is 0 Å². The van der Waals surface area contributed by atoms with Crippen LogP contribution in [0.2, 0.25) is 0 Å². The number of amides is 1. The zero-order valence-corrected chi connectivity index (χ0v) is 12.8. The number of carbonyl (C=O) groups excluding carboxylic acids is 1. The second-order valence-electron chi connectivity index (χ2n) is 5.49. The standard InChI is InChI=1S/C14H17F3N6O/c15-14(16,17)10(22-5-1-18-2-6-22)9-21-13(24)11-12-20-4-8-23(12)7-3-19-11/h3-4,7-8,10,18H,1-2,5-6,9H2,(H,21,24). The van der Waals surface area contributed by atoms with E-state index in [-0.39, 0.29) is 18.8 Å². The normalized spacial score (nSPS) is 17.8. The highest BCUT2D eigenvalue weighted by atomic mass is 19.4. The van der Waals surface area contributed by atoms with E-state index in [0.717, 1.165) is 0 Å². The molecule has 2 aromatic rings. The molecule has 2 aromatic heterocycles. The van der Waals surface area contributed by atoms with Gasteiger partial charge in [-0.15, -0.1) is 0 Å². The Morgan fingerprint density at radius 1 is 1.25 bits per heavy atom. The molecule has 0 bridgehead atoms. The molecule has 0 aromatic carbocycles. The minimum Gasteiger partial charge on any atom is -0.349 e. The molecule has 24 heavy (non-hydrogen) atoms. The first kappa shape index (κ1) is 16.7. The SMILES string of the molecule is O=C(NCC(N1CCNCC1)C(F)(F)F)c1nccn2ccnc12. The van der Waals surface area contributed by atoms with Gasteiger partial charge in [-0.25, -0.2) is 9.97 Å². The topological polar surface area (TPSA) is 74.6 Å². The number of carbonyl (C=O) groups is 1. The van der Waals surface area contributed by atoms with Crippen LogP contribution in [0.4, 0.5) is 13.2 Å². The van der Waals surface area contributed by atoms with Crippen LogP contribution in [0, 0.1) is 0 Å². The van der Waals surface area contributed by atoms with Gasteiger partial charge in [0.05, 0.1) is 0 Å². The van der Waals surface area contributed by atoms with Gasteiger partial charge in [0.1, 0.15) is 6.04 Å². The Morgan fingerprint density at radius 2 is 1.92 bits per heavy atom. The van der Waals surface area contributed by atoms with Gasteiger partial charge >= 0.3 is 6.18 Å². The smallest absolute Gasteiger partial charge is 0.349 e. The van der Waals surface area contributed by atoms with Crippen LogP contribution in [0.3, 0.4) is 0 Å². The molecule has 10 heteroatoms. The molecule has 1 saturated heterocycles. The van der Waals surface area contributed by atoms with Crippen molar-refractivity contribution < 1.29 is 18.0 Å². The van der Waals surface area contributed by atoms with E-state index < -0.39 is 24.7 Å². The quantitative estimate of drug-likeness (QED) is 0.836. The van der Waals surface area contributed by atoms with Crippen molar-refractivity contribution in [2.75, 3.05) is 32.7 Å². The molecule has 1 aliphatic heterocycles. The van der Waals surface area contributed by atoms with Crippen LogP contribution < -0.4 is 10.6 Å². The average molecular weight is 342 g/mol. The van der Waals surface area contributed by atoms with Crippen molar-refractivity contribution in [2.45, 2.75) is 12.2 Å². The molecule has 3 rings (SSSR count). The number of aromatic nitrogens is 3. The number of rotatable bonds is 4. The molecular weight excluding hydrogens is 325 g/mol. The number of nitrogens with one attached hydrogen (secondary N) is 2. The maximum atomic E-state index is 13.3. The third-order valence-electron chi connectivity index (χ3n) is 3.95. The summed E-state index contributed by atoms with van der Waals surface area (Å²) < 4.78 is 41.5. The highest BCUT2D eigenvalue weighted by Gasteiger charge is 2.43. The molecule has 0 spiro atoms. The third kappa shape index (κ3) is 3.49. The molecule has 2 N–H and O–H groups in total. The lowest BCUT2D eigenvalue weighted by atomic mass is 10.2. The van der Waals surface area contributed by atoms with Gasteiger partial charge in [0.25, 0.3) is 5.91 Å². The number of fused-ring (bicyclic) bond motifs is 1. The van der Waals surface area contributed by atoms with Gasteiger partial charge in [-0.2, -0.15) is 13.2 Å². The predicted molar refractivity (Wildman–Crippen MR) is 79.6 cm³/mol. The summed E-state index contributed by atoms with van der Waals surface area (Å²) in [7, 11) is 0. The maximum absolute atomic E-state index is 13.3. The number of hydrogen-bond donors (Lipinski definition) is 2. The lowest BCUT2D eigenvalue weighted by Crippen LogP contribution is -2.57. The largest absolute Gasteiger partial charge is 0.405 e. The van der Waals surface area contributed by atoms with Crippen molar-refractivity contribution in [3.63, 3.8) is 0 Å². The zero-order chi connectivity index (χ0) is 17.2. The van der Waals surface area contributed by atoms with E-state index in [2.05, 4.69) is 20.6 Å². The molecule has 7 nitrogen and oxygen atoms in total. The molecule has 3 heterocycles. The van der Waals surface area contributed by atoms with E-state index in [1.165, 1.54) is 17.3 Å². The van der Waals surface area contributed by atoms with Crippen LogP contribution in [0.1, 0.15) is 10.5 Å². The third-order valence-corrected chi connectivity index (χ3v) is 3.95. The van der Waals surface area contributed by atoms with Crippen LogP contribution >= 0.6 is 0 Å². The number of alkyl halides is 3. The number of halogens is 3. The Hall–Kier alpha value is -2.20. The van der Waals surface area contributed by atoms with Crippen LogP contribution in [0.15, 0.2) is 24.8 Å². The summed E-state index contributed by atoms with van der Waals surface area (Å²) in [6.45, 7) is 1.04. The van der Waals surface area contributed by atoms with E-state index in [1.54, 1.807) is 16.8 Å². The van der Waals surface area contributed by atoms with Gasteiger partial charge < -0.3 is 15.0 Å². The number of nitrogens with zero attached hydrogens (tertiary/aromatic N) is 4. The first-order chi connectivity index (χ1) is 11.5. The van der Waals surface area contributed by atoms with E-state index in [0.29, 0.717) is 18.7 Å². The van der Waals surface area contributed by atoms with Crippen LogP contribution in [0.5, 0.6) is 0 Å². The minimum absolute atomic E-state index is 0.00346. The van der Waals surface area contributed by atoms with E-state index in [9.17, 15) is 18.0 Å². The Bertz CT molecular complexity index is 710. The predicted octanol–water partition coefficient (Wildman–Crippen LogP) is 0.295. The van der Waals surface area contributed by atoms with Crippen molar-refractivity contribution in [1.29, 1.82) is 0 Å². The first-order valence-corrected chi connectivity index (χ1v) is 7.54. The Labute approximate surface area is 135 Å². The summed E-state index contributed by atoms with van der Waals surface area (Å²) in [5.74, 6) is -0.670. The second kappa shape index (κ2) is 6.73. The summed E-state index contributed by atoms with van der Waals surface area (Å²) in [6, 6.07) is -1.72. The molecule has 1 unspecified atom stereocenters. The van der Waals surface area contributed by atoms with Crippen molar-refractivity contribution in [3.05, 3.63) is 30.5 Å². The fourth-order valence-electron chi connectivity index (χ4n) is 2.73. The number of hydrogen-bond acceptors (Lipinski definition) is 5. The van der Waals surface area contributed by atoms with Gasteiger partial charge in [0.2, 0.25) is 0 Å². The summed E-state index contributed by atoms with van der Waals surface area (Å²) in [4.78, 5) is 21.5. The van der Waals surface area contributed by atoms with Crippen molar-refractivity contribution >= 4 is 11.6 Å². The highest BCUT2D eigenvalue weighted by molar-refractivity contribution is 5.97.